The lowest BCUT2D eigenvalue weighted by Crippen LogP contribution is -2.41. The molecular weight excluding hydrogens is 201 g/mol. The highest BCUT2D eigenvalue weighted by Gasteiger charge is 2.52. The van der Waals surface area contributed by atoms with Gasteiger partial charge in [-0.15, -0.1) is 0 Å². The first-order valence-electron chi connectivity index (χ1n) is 5.98. The summed E-state index contributed by atoms with van der Waals surface area (Å²) < 4.78 is 11.9. The number of rotatable bonds is 3. The van der Waals surface area contributed by atoms with E-state index in [0.29, 0.717) is 6.04 Å². The number of hydrogen-bond donors (Lipinski definition) is 1. The van der Waals surface area contributed by atoms with Crippen LogP contribution in [0.15, 0.2) is 11.7 Å². The Morgan fingerprint density at radius 1 is 1.12 bits per heavy atom. The molecule has 0 aliphatic carbocycles. The first-order chi connectivity index (χ1) is 7.19. The molecule has 0 aromatic carbocycles. The zero-order valence-corrected chi connectivity index (χ0v) is 11.5. The second-order valence-corrected chi connectivity index (χ2v) is 5.63. The Morgan fingerprint density at radius 3 is 1.88 bits per heavy atom. The lowest BCUT2D eigenvalue weighted by Gasteiger charge is -2.32. The van der Waals surface area contributed by atoms with Crippen LogP contribution in [0.5, 0.6) is 0 Å². The summed E-state index contributed by atoms with van der Waals surface area (Å²) in [7, 11) is -0.280. The summed E-state index contributed by atoms with van der Waals surface area (Å²) in [5.41, 5.74) is 0.462. The molecular formula is C12H24BNO2. The van der Waals surface area contributed by atoms with Gasteiger partial charge < -0.3 is 14.6 Å². The largest absolute Gasteiger partial charge is 0.511 e. The Hall–Kier alpha value is -0.475. The van der Waals surface area contributed by atoms with Crippen molar-refractivity contribution in [3.63, 3.8) is 0 Å². The monoisotopic (exact) mass is 225 g/mol. The lowest BCUT2D eigenvalue weighted by atomic mass is 9.83. The van der Waals surface area contributed by atoms with E-state index in [9.17, 15) is 0 Å². The predicted octanol–water partition coefficient (Wildman–Crippen LogP) is 2.52. The summed E-state index contributed by atoms with van der Waals surface area (Å²) in [5, 5.41) is 3.36. The van der Waals surface area contributed by atoms with Crippen LogP contribution in [-0.4, -0.2) is 24.4 Å². The summed E-state index contributed by atoms with van der Waals surface area (Å²) in [4.78, 5) is 0. The van der Waals surface area contributed by atoms with Crippen molar-refractivity contribution in [1.29, 1.82) is 0 Å². The zero-order valence-electron chi connectivity index (χ0n) is 11.5. The van der Waals surface area contributed by atoms with Crippen molar-refractivity contribution >= 4 is 7.12 Å². The highest BCUT2D eigenvalue weighted by Crippen LogP contribution is 2.38. The lowest BCUT2D eigenvalue weighted by molar-refractivity contribution is 0.00578. The van der Waals surface area contributed by atoms with Crippen LogP contribution in [0.4, 0.5) is 0 Å². The molecule has 0 aromatic heterocycles. The predicted molar refractivity (Wildman–Crippen MR) is 68.1 cm³/mol. The van der Waals surface area contributed by atoms with E-state index in [1.807, 2.05) is 13.0 Å². The van der Waals surface area contributed by atoms with Crippen LogP contribution in [-0.2, 0) is 9.31 Å². The topological polar surface area (TPSA) is 30.5 Å². The van der Waals surface area contributed by atoms with Gasteiger partial charge in [0.2, 0.25) is 0 Å². The van der Waals surface area contributed by atoms with Gasteiger partial charge >= 0.3 is 7.12 Å². The highest BCUT2D eigenvalue weighted by atomic mass is 16.7. The van der Waals surface area contributed by atoms with Gasteiger partial charge in [-0.1, -0.05) is 6.08 Å². The quantitative estimate of drug-likeness (QED) is 0.748. The standard InChI is InChI=1S/C12H24BNO2/c1-8-10(14-9(2)3)13-15-11(4,5)12(6,7)16-13/h8-9,14H,1-7H3/b10-8-. The molecule has 3 nitrogen and oxygen atoms in total. The van der Waals surface area contributed by atoms with Gasteiger partial charge in [-0.3, -0.25) is 0 Å². The van der Waals surface area contributed by atoms with Crippen molar-refractivity contribution in [2.24, 2.45) is 0 Å². The fourth-order valence-corrected chi connectivity index (χ4v) is 1.59. The molecule has 0 unspecified atom stereocenters. The third-order valence-electron chi connectivity index (χ3n) is 3.27. The Bertz CT molecular complexity index is 269. The molecule has 0 saturated carbocycles. The third kappa shape index (κ3) is 2.61. The molecule has 92 valence electrons. The molecule has 4 heteroatoms. The fourth-order valence-electron chi connectivity index (χ4n) is 1.59. The Balaban J connectivity index is 2.78. The minimum absolute atomic E-state index is 0.273. The summed E-state index contributed by atoms with van der Waals surface area (Å²) in [6.45, 7) is 14.5. The maximum Gasteiger partial charge on any atom is 0.511 e. The molecule has 1 aliphatic heterocycles. The van der Waals surface area contributed by atoms with E-state index in [1.54, 1.807) is 0 Å². The van der Waals surface area contributed by atoms with Crippen molar-refractivity contribution < 1.29 is 9.31 Å². The van der Waals surface area contributed by atoms with Gasteiger partial charge in [-0.05, 0) is 48.5 Å². The van der Waals surface area contributed by atoms with E-state index >= 15 is 0 Å². The molecule has 1 N–H and O–H groups in total. The Morgan fingerprint density at radius 2 is 1.56 bits per heavy atom. The summed E-state index contributed by atoms with van der Waals surface area (Å²) in [6, 6.07) is 0.380. The van der Waals surface area contributed by atoms with E-state index in [-0.39, 0.29) is 18.3 Å². The van der Waals surface area contributed by atoms with Gasteiger partial charge in [0.25, 0.3) is 0 Å². The highest BCUT2D eigenvalue weighted by molar-refractivity contribution is 6.54. The fraction of sp³-hybridized carbons (Fsp3) is 0.833. The van der Waals surface area contributed by atoms with Crippen molar-refractivity contribution in [3.8, 4) is 0 Å². The van der Waals surface area contributed by atoms with Crippen LogP contribution in [0.1, 0.15) is 48.5 Å². The van der Waals surface area contributed by atoms with Gasteiger partial charge in [0.05, 0.1) is 11.2 Å². The van der Waals surface area contributed by atoms with Crippen molar-refractivity contribution in [3.05, 3.63) is 11.7 Å². The van der Waals surface area contributed by atoms with Crippen molar-refractivity contribution in [2.75, 3.05) is 0 Å². The molecule has 1 saturated heterocycles. The van der Waals surface area contributed by atoms with Gasteiger partial charge in [0.15, 0.2) is 0 Å². The van der Waals surface area contributed by atoms with Crippen LogP contribution in [0.2, 0.25) is 0 Å². The first-order valence-corrected chi connectivity index (χ1v) is 5.98. The van der Waals surface area contributed by atoms with Crippen LogP contribution in [0.25, 0.3) is 0 Å². The van der Waals surface area contributed by atoms with Gasteiger partial charge in [-0.25, -0.2) is 0 Å². The third-order valence-corrected chi connectivity index (χ3v) is 3.27. The Labute approximate surface area is 99.7 Å². The van der Waals surface area contributed by atoms with E-state index in [1.165, 1.54) is 0 Å². The van der Waals surface area contributed by atoms with E-state index in [4.69, 9.17) is 9.31 Å². The van der Waals surface area contributed by atoms with E-state index in [2.05, 4.69) is 46.9 Å². The van der Waals surface area contributed by atoms with Gasteiger partial charge in [0, 0.05) is 11.6 Å². The van der Waals surface area contributed by atoms with Crippen molar-refractivity contribution in [2.45, 2.75) is 65.7 Å². The van der Waals surface area contributed by atoms with E-state index in [0.717, 1.165) is 5.60 Å². The van der Waals surface area contributed by atoms with Crippen LogP contribution >= 0.6 is 0 Å². The molecule has 1 heterocycles. The molecule has 1 rings (SSSR count). The average molecular weight is 225 g/mol. The maximum absolute atomic E-state index is 5.96. The second-order valence-electron chi connectivity index (χ2n) is 5.63. The van der Waals surface area contributed by atoms with E-state index < -0.39 is 0 Å². The molecule has 0 atom stereocenters. The molecule has 0 aromatic rings. The average Bonchev–Trinajstić information content (AvgIpc) is 2.31. The van der Waals surface area contributed by atoms with Gasteiger partial charge in [0.1, 0.15) is 0 Å². The molecule has 0 bridgehead atoms. The minimum Gasteiger partial charge on any atom is -0.398 e. The normalized spacial score (nSPS) is 24.0. The molecule has 1 fully saturated rings. The van der Waals surface area contributed by atoms with Crippen LogP contribution < -0.4 is 5.32 Å². The second kappa shape index (κ2) is 4.42. The number of hydrogen-bond acceptors (Lipinski definition) is 3. The molecule has 0 amide bonds. The van der Waals surface area contributed by atoms with Crippen LogP contribution in [0, 0.1) is 0 Å². The SMILES string of the molecule is C/C=C(\NC(C)C)B1OC(C)(C)C(C)(C)O1. The smallest absolute Gasteiger partial charge is 0.398 e. The zero-order chi connectivity index (χ0) is 12.6. The van der Waals surface area contributed by atoms with Crippen molar-refractivity contribution in [1.82, 2.24) is 5.32 Å². The first kappa shape index (κ1) is 13.6. The maximum atomic E-state index is 5.96. The number of nitrogens with one attached hydrogen (secondary N) is 1. The molecule has 0 radical (unpaired) electrons. The summed E-state index contributed by atoms with van der Waals surface area (Å²) in [6.07, 6.45) is 2.02. The van der Waals surface area contributed by atoms with Gasteiger partial charge in [-0.2, -0.15) is 0 Å². The minimum atomic E-state index is -0.280. The number of allylic oxidation sites excluding steroid dienone is 1. The van der Waals surface area contributed by atoms with Crippen LogP contribution in [0.3, 0.4) is 0 Å². The molecule has 16 heavy (non-hydrogen) atoms. The summed E-state index contributed by atoms with van der Waals surface area (Å²) >= 11 is 0. The molecule has 0 spiro atoms. The molecule has 1 aliphatic rings. The Kier molecular flexibility index (Phi) is 3.75. The summed E-state index contributed by atoms with van der Waals surface area (Å²) in [5.74, 6) is 0.